The second-order valence-electron chi connectivity index (χ2n) is 5.33. The number of aryl methyl sites for hydroxylation is 1. The highest BCUT2D eigenvalue weighted by molar-refractivity contribution is 7.17. The topological polar surface area (TPSA) is 46.2 Å². The highest BCUT2D eigenvalue weighted by Gasteiger charge is 2.24. The fourth-order valence-electron chi connectivity index (χ4n) is 2.87. The van der Waals surface area contributed by atoms with Crippen molar-refractivity contribution < 1.29 is 5.11 Å². The van der Waals surface area contributed by atoms with Gasteiger partial charge in [-0.05, 0) is 40.4 Å². The van der Waals surface area contributed by atoms with E-state index in [0.717, 1.165) is 16.5 Å². The van der Waals surface area contributed by atoms with Gasteiger partial charge in [-0.25, -0.2) is 0 Å². The number of benzene rings is 2. The monoisotopic (exact) mass is 297 g/mol. The van der Waals surface area contributed by atoms with Crippen molar-refractivity contribution in [2.24, 2.45) is 5.73 Å². The minimum atomic E-state index is -0.577. The molecule has 1 heterocycles. The van der Waals surface area contributed by atoms with Crippen LogP contribution in [0.4, 0.5) is 0 Å². The third kappa shape index (κ3) is 2.60. The van der Waals surface area contributed by atoms with Crippen LogP contribution in [0.5, 0.6) is 0 Å². The Morgan fingerprint density at radius 1 is 1.05 bits per heavy atom. The maximum absolute atomic E-state index is 10.9. The van der Waals surface area contributed by atoms with Gasteiger partial charge in [0.05, 0.1) is 6.10 Å². The number of nitrogens with two attached hydrogens (primary N) is 1. The second kappa shape index (κ2) is 5.98. The molecule has 0 fully saturated rings. The van der Waals surface area contributed by atoms with Gasteiger partial charge in [-0.2, -0.15) is 0 Å². The molecule has 3 aromatic rings. The van der Waals surface area contributed by atoms with Crippen LogP contribution in [-0.2, 0) is 0 Å². The van der Waals surface area contributed by atoms with Crippen LogP contribution in [0.15, 0.2) is 53.9 Å². The maximum Gasteiger partial charge on any atom is 0.0884 e. The summed E-state index contributed by atoms with van der Waals surface area (Å²) in [6, 6.07) is 16.3. The van der Waals surface area contributed by atoms with E-state index in [1.165, 1.54) is 10.3 Å². The Bertz CT molecular complexity index is 750. The fraction of sp³-hybridized carbons (Fsp3) is 0.222. The van der Waals surface area contributed by atoms with Crippen LogP contribution in [0.2, 0.25) is 0 Å². The van der Waals surface area contributed by atoms with Crippen molar-refractivity contribution in [1.82, 2.24) is 0 Å². The number of hydrogen-bond donors (Lipinski definition) is 2. The Kier molecular flexibility index (Phi) is 4.06. The quantitative estimate of drug-likeness (QED) is 0.765. The first-order valence-electron chi connectivity index (χ1n) is 7.12. The molecule has 0 saturated heterocycles. The zero-order valence-electron chi connectivity index (χ0n) is 12.0. The summed E-state index contributed by atoms with van der Waals surface area (Å²) in [6.45, 7) is 2.49. The first-order chi connectivity index (χ1) is 10.2. The van der Waals surface area contributed by atoms with Crippen molar-refractivity contribution in [2.45, 2.75) is 18.9 Å². The molecule has 2 unspecified atom stereocenters. The molecule has 0 aliphatic rings. The van der Waals surface area contributed by atoms with Crippen LogP contribution in [-0.4, -0.2) is 11.7 Å². The van der Waals surface area contributed by atoms with Gasteiger partial charge in [0.15, 0.2) is 0 Å². The lowest BCUT2D eigenvalue weighted by Crippen LogP contribution is -2.20. The summed E-state index contributed by atoms with van der Waals surface area (Å²) in [4.78, 5) is 0. The standard InChI is InChI=1S/C18H19NOS/c1-12-6-2-3-7-13(12)15(10-19)18(20)16-11-21-17-9-5-4-8-14(16)17/h2-9,11,15,18,20H,10,19H2,1H3. The van der Waals surface area contributed by atoms with Gasteiger partial charge < -0.3 is 10.8 Å². The van der Waals surface area contributed by atoms with Crippen molar-refractivity contribution in [3.8, 4) is 0 Å². The molecule has 1 aromatic heterocycles. The number of aliphatic hydroxyl groups is 1. The average Bonchev–Trinajstić information content (AvgIpc) is 2.93. The van der Waals surface area contributed by atoms with Crippen LogP contribution < -0.4 is 5.73 Å². The molecule has 0 amide bonds. The molecular formula is C18H19NOS. The van der Waals surface area contributed by atoms with E-state index in [4.69, 9.17) is 5.73 Å². The summed E-state index contributed by atoms with van der Waals surface area (Å²) < 4.78 is 1.20. The van der Waals surface area contributed by atoms with Crippen LogP contribution in [0.1, 0.15) is 28.7 Å². The first kappa shape index (κ1) is 14.3. The van der Waals surface area contributed by atoms with Crippen molar-refractivity contribution >= 4 is 21.4 Å². The van der Waals surface area contributed by atoms with E-state index >= 15 is 0 Å². The van der Waals surface area contributed by atoms with Crippen LogP contribution in [0.25, 0.3) is 10.1 Å². The van der Waals surface area contributed by atoms with E-state index in [1.54, 1.807) is 11.3 Å². The van der Waals surface area contributed by atoms with Gasteiger partial charge in [0, 0.05) is 17.2 Å². The third-order valence-electron chi connectivity index (χ3n) is 4.05. The van der Waals surface area contributed by atoms with Gasteiger partial charge in [-0.3, -0.25) is 0 Å². The van der Waals surface area contributed by atoms with Gasteiger partial charge in [0.25, 0.3) is 0 Å². The van der Waals surface area contributed by atoms with Crippen LogP contribution >= 0.6 is 11.3 Å². The van der Waals surface area contributed by atoms with Crippen molar-refractivity contribution in [2.75, 3.05) is 6.54 Å². The van der Waals surface area contributed by atoms with E-state index < -0.39 is 6.10 Å². The summed E-state index contributed by atoms with van der Waals surface area (Å²) in [5, 5.41) is 14.1. The Balaban J connectivity index is 2.03. The van der Waals surface area contributed by atoms with E-state index in [9.17, 15) is 5.11 Å². The number of hydrogen-bond acceptors (Lipinski definition) is 3. The molecule has 21 heavy (non-hydrogen) atoms. The van der Waals surface area contributed by atoms with E-state index in [-0.39, 0.29) is 5.92 Å². The van der Waals surface area contributed by atoms with E-state index in [1.807, 2.05) is 24.3 Å². The number of rotatable bonds is 4. The largest absolute Gasteiger partial charge is 0.388 e. The molecule has 0 spiro atoms. The second-order valence-corrected chi connectivity index (χ2v) is 6.24. The molecular weight excluding hydrogens is 278 g/mol. The fourth-order valence-corrected chi connectivity index (χ4v) is 3.86. The summed E-state index contributed by atoms with van der Waals surface area (Å²) in [6.07, 6.45) is -0.577. The van der Waals surface area contributed by atoms with Gasteiger partial charge in [-0.1, -0.05) is 42.5 Å². The zero-order valence-corrected chi connectivity index (χ0v) is 12.8. The highest BCUT2D eigenvalue weighted by Crippen LogP contribution is 2.37. The highest BCUT2D eigenvalue weighted by atomic mass is 32.1. The molecule has 108 valence electrons. The molecule has 0 aliphatic heterocycles. The lowest BCUT2D eigenvalue weighted by Gasteiger charge is -2.23. The van der Waals surface area contributed by atoms with Gasteiger partial charge >= 0.3 is 0 Å². The Labute approximate surface area is 128 Å². The minimum Gasteiger partial charge on any atom is -0.388 e. The predicted octanol–water partition coefficient (Wildman–Crippen LogP) is 3.99. The van der Waals surface area contributed by atoms with Crippen LogP contribution in [0.3, 0.4) is 0 Å². The number of thiophene rings is 1. The molecule has 0 aliphatic carbocycles. The summed E-state index contributed by atoms with van der Waals surface area (Å²) in [5.74, 6) is -0.0794. The molecule has 3 heteroatoms. The lowest BCUT2D eigenvalue weighted by molar-refractivity contribution is 0.149. The Morgan fingerprint density at radius 3 is 2.52 bits per heavy atom. The molecule has 3 N–H and O–H groups in total. The molecule has 3 rings (SSSR count). The van der Waals surface area contributed by atoms with Crippen LogP contribution in [0, 0.1) is 6.92 Å². The van der Waals surface area contributed by atoms with Crippen molar-refractivity contribution in [1.29, 1.82) is 0 Å². The maximum atomic E-state index is 10.9. The smallest absolute Gasteiger partial charge is 0.0884 e. The molecule has 2 atom stereocenters. The normalized spacial score (nSPS) is 14.2. The summed E-state index contributed by atoms with van der Waals surface area (Å²) in [5.41, 5.74) is 9.25. The predicted molar refractivity (Wildman–Crippen MR) is 89.8 cm³/mol. The van der Waals surface area contributed by atoms with E-state index in [2.05, 4.69) is 36.6 Å². The Hall–Kier alpha value is -1.68. The third-order valence-corrected chi connectivity index (χ3v) is 5.03. The summed E-state index contributed by atoms with van der Waals surface area (Å²) >= 11 is 1.67. The molecule has 0 radical (unpaired) electrons. The molecule has 0 bridgehead atoms. The van der Waals surface area contributed by atoms with Gasteiger partial charge in [0.1, 0.15) is 0 Å². The first-order valence-corrected chi connectivity index (χ1v) is 8.00. The van der Waals surface area contributed by atoms with E-state index in [0.29, 0.717) is 6.54 Å². The lowest BCUT2D eigenvalue weighted by atomic mass is 9.87. The summed E-state index contributed by atoms with van der Waals surface area (Å²) in [7, 11) is 0. The van der Waals surface area contributed by atoms with Crippen molar-refractivity contribution in [3.63, 3.8) is 0 Å². The van der Waals surface area contributed by atoms with Gasteiger partial charge in [0.2, 0.25) is 0 Å². The SMILES string of the molecule is Cc1ccccc1C(CN)C(O)c1csc2ccccc12. The minimum absolute atomic E-state index is 0.0794. The average molecular weight is 297 g/mol. The number of fused-ring (bicyclic) bond motifs is 1. The molecule has 2 aromatic carbocycles. The molecule has 0 saturated carbocycles. The number of aliphatic hydroxyl groups excluding tert-OH is 1. The van der Waals surface area contributed by atoms with Crippen molar-refractivity contribution in [3.05, 3.63) is 70.6 Å². The Morgan fingerprint density at radius 2 is 1.76 bits per heavy atom. The molecule has 2 nitrogen and oxygen atoms in total. The zero-order chi connectivity index (χ0) is 14.8. The van der Waals surface area contributed by atoms with Gasteiger partial charge in [-0.15, -0.1) is 11.3 Å².